The van der Waals surface area contributed by atoms with Crippen LogP contribution in [0.25, 0.3) is 0 Å². The summed E-state index contributed by atoms with van der Waals surface area (Å²) < 4.78 is 5.90. The van der Waals surface area contributed by atoms with Crippen LogP contribution in [0.2, 0.25) is 0 Å². The zero-order valence-electron chi connectivity index (χ0n) is 14.7. The van der Waals surface area contributed by atoms with Crippen LogP contribution in [-0.2, 0) is 4.74 Å². The zero-order chi connectivity index (χ0) is 15.3. The Bertz CT molecular complexity index is 300. The molecule has 0 radical (unpaired) electrons. The molecule has 0 bridgehead atoms. The summed E-state index contributed by atoms with van der Waals surface area (Å²) in [7, 11) is 0. The second-order valence-corrected chi connectivity index (χ2v) is 7.83. The van der Waals surface area contributed by atoms with Gasteiger partial charge < -0.3 is 10.1 Å². The van der Waals surface area contributed by atoms with E-state index in [1.165, 1.54) is 45.2 Å². The second kappa shape index (κ2) is 7.94. The Morgan fingerprint density at radius 3 is 2.52 bits per heavy atom. The van der Waals surface area contributed by atoms with Crippen molar-refractivity contribution < 1.29 is 4.74 Å². The van der Waals surface area contributed by atoms with Gasteiger partial charge in [-0.25, -0.2) is 0 Å². The molecule has 4 unspecified atom stereocenters. The quantitative estimate of drug-likeness (QED) is 0.761. The third-order valence-electron chi connectivity index (χ3n) is 5.17. The molecule has 0 amide bonds. The summed E-state index contributed by atoms with van der Waals surface area (Å²) >= 11 is 0. The van der Waals surface area contributed by atoms with Crippen molar-refractivity contribution in [3.63, 3.8) is 0 Å². The molecule has 2 fully saturated rings. The van der Waals surface area contributed by atoms with Gasteiger partial charge in [-0.1, -0.05) is 26.7 Å². The Labute approximate surface area is 131 Å². The fourth-order valence-corrected chi connectivity index (χ4v) is 4.55. The standard InChI is InChI=1S/C18H36N2O/c1-5-9-19-13-18(8-6-7-15(2)10-18)14-20-11-16(3)21-17(4)12-20/h15-17,19H,5-14H2,1-4H3. The Morgan fingerprint density at radius 2 is 1.90 bits per heavy atom. The van der Waals surface area contributed by atoms with E-state index in [0.717, 1.165) is 25.6 Å². The fourth-order valence-electron chi connectivity index (χ4n) is 4.55. The highest BCUT2D eigenvalue weighted by molar-refractivity contribution is 4.91. The van der Waals surface area contributed by atoms with Crippen molar-refractivity contribution in [3.05, 3.63) is 0 Å². The van der Waals surface area contributed by atoms with Gasteiger partial charge in [0.15, 0.2) is 0 Å². The van der Waals surface area contributed by atoms with Crippen molar-refractivity contribution >= 4 is 0 Å². The zero-order valence-corrected chi connectivity index (χ0v) is 14.7. The SMILES string of the molecule is CCCNCC1(CN2CC(C)OC(C)C2)CCCC(C)C1. The van der Waals surface area contributed by atoms with E-state index < -0.39 is 0 Å². The average molecular weight is 296 g/mol. The molecule has 2 rings (SSSR count). The lowest BCUT2D eigenvalue weighted by molar-refractivity contribution is -0.0817. The molecule has 1 aliphatic carbocycles. The summed E-state index contributed by atoms with van der Waals surface area (Å²) in [6.45, 7) is 15.0. The van der Waals surface area contributed by atoms with Crippen molar-refractivity contribution in [2.45, 2.75) is 72.0 Å². The van der Waals surface area contributed by atoms with E-state index in [2.05, 4.69) is 37.9 Å². The third-order valence-corrected chi connectivity index (χ3v) is 5.17. The number of nitrogens with one attached hydrogen (secondary N) is 1. The maximum absolute atomic E-state index is 5.90. The second-order valence-electron chi connectivity index (χ2n) is 7.83. The average Bonchev–Trinajstić information content (AvgIpc) is 2.37. The summed E-state index contributed by atoms with van der Waals surface area (Å²) in [4.78, 5) is 2.67. The Hall–Kier alpha value is -0.120. The smallest absolute Gasteiger partial charge is 0.0678 e. The number of morpholine rings is 1. The first kappa shape index (κ1) is 17.2. The minimum absolute atomic E-state index is 0.385. The number of rotatable bonds is 6. The fraction of sp³-hybridized carbons (Fsp3) is 1.00. The first-order valence-corrected chi connectivity index (χ1v) is 9.11. The highest BCUT2D eigenvalue weighted by Crippen LogP contribution is 2.40. The highest BCUT2D eigenvalue weighted by atomic mass is 16.5. The number of ether oxygens (including phenoxy) is 1. The maximum Gasteiger partial charge on any atom is 0.0678 e. The topological polar surface area (TPSA) is 24.5 Å². The van der Waals surface area contributed by atoms with Crippen LogP contribution in [-0.4, -0.2) is 49.8 Å². The van der Waals surface area contributed by atoms with Gasteiger partial charge in [-0.05, 0) is 51.0 Å². The molecule has 0 spiro atoms. The van der Waals surface area contributed by atoms with Gasteiger partial charge in [0, 0.05) is 26.2 Å². The van der Waals surface area contributed by atoms with E-state index in [9.17, 15) is 0 Å². The largest absolute Gasteiger partial charge is 0.373 e. The Morgan fingerprint density at radius 1 is 1.19 bits per heavy atom. The molecular weight excluding hydrogens is 260 g/mol. The van der Waals surface area contributed by atoms with Gasteiger partial charge in [0.2, 0.25) is 0 Å². The molecule has 1 saturated carbocycles. The molecule has 1 N–H and O–H groups in total. The lowest BCUT2D eigenvalue weighted by atomic mass is 9.69. The molecule has 0 aromatic heterocycles. The molecular formula is C18H36N2O. The lowest BCUT2D eigenvalue weighted by Crippen LogP contribution is -2.52. The van der Waals surface area contributed by atoms with Gasteiger partial charge in [0.1, 0.15) is 0 Å². The van der Waals surface area contributed by atoms with Crippen LogP contribution in [0, 0.1) is 11.3 Å². The van der Waals surface area contributed by atoms with Crippen LogP contribution in [0.3, 0.4) is 0 Å². The maximum atomic E-state index is 5.90. The Kier molecular flexibility index (Phi) is 6.51. The van der Waals surface area contributed by atoms with Gasteiger partial charge >= 0.3 is 0 Å². The molecule has 1 heterocycles. The van der Waals surface area contributed by atoms with Crippen LogP contribution >= 0.6 is 0 Å². The molecule has 3 heteroatoms. The lowest BCUT2D eigenvalue weighted by Gasteiger charge is -2.46. The molecule has 1 aliphatic heterocycles. The molecule has 124 valence electrons. The van der Waals surface area contributed by atoms with E-state index in [4.69, 9.17) is 4.74 Å². The van der Waals surface area contributed by atoms with Crippen molar-refractivity contribution in [1.29, 1.82) is 0 Å². The summed E-state index contributed by atoms with van der Waals surface area (Å²) in [6.07, 6.45) is 7.62. The van der Waals surface area contributed by atoms with E-state index in [-0.39, 0.29) is 0 Å². The normalized spacial score (nSPS) is 38.6. The summed E-state index contributed by atoms with van der Waals surface area (Å²) in [5, 5.41) is 3.72. The predicted octanol–water partition coefficient (Wildman–Crippen LogP) is 3.29. The summed E-state index contributed by atoms with van der Waals surface area (Å²) in [5.41, 5.74) is 0.490. The van der Waals surface area contributed by atoms with Gasteiger partial charge in [0.05, 0.1) is 12.2 Å². The summed E-state index contributed by atoms with van der Waals surface area (Å²) in [6, 6.07) is 0. The highest BCUT2D eigenvalue weighted by Gasteiger charge is 2.37. The molecule has 1 saturated heterocycles. The van der Waals surface area contributed by atoms with E-state index in [1.54, 1.807) is 0 Å². The molecule has 3 nitrogen and oxygen atoms in total. The molecule has 21 heavy (non-hydrogen) atoms. The van der Waals surface area contributed by atoms with Crippen LogP contribution in [0.15, 0.2) is 0 Å². The minimum atomic E-state index is 0.385. The minimum Gasteiger partial charge on any atom is -0.373 e. The van der Waals surface area contributed by atoms with Crippen LogP contribution in [0.1, 0.15) is 59.8 Å². The van der Waals surface area contributed by atoms with Gasteiger partial charge in [-0.15, -0.1) is 0 Å². The first-order chi connectivity index (χ1) is 10.0. The van der Waals surface area contributed by atoms with E-state index >= 15 is 0 Å². The molecule has 0 aromatic carbocycles. The third kappa shape index (κ3) is 5.22. The van der Waals surface area contributed by atoms with Crippen LogP contribution in [0.5, 0.6) is 0 Å². The number of hydrogen-bond donors (Lipinski definition) is 1. The predicted molar refractivity (Wildman–Crippen MR) is 89.7 cm³/mol. The van der Waals surface area contributed by atoms with Crippen molar-refractivity contribution in [2.24, 2.45) is 11.3 Å². The molecule has 0 aromatic rings. The summed E-state index contributed by atoms with van der Waals surface area (Å²) in [5.74, 6) is 0.887. The van der Waals surface area contributed by atoms with Gasteiger partial charge in [0.25, 0.3) is 0 Å². The van der Waals surface area contributed by atoms with Gasteiger partial charge in [-0.2, -0.15) is 0 Å². The van der Waals surface area contributed by atoms with E-state index in [0.29, 0.717) is 17.6 Å². The van der Waals surface area contributed by atoms with Gasteiger partial charge in [-0.3, -0.25) is 4.90 Å². The van der Waals surface area contributed by atoms with Crippen molar-refractivity contribution in [3.8, 4) is 0 Å². The van der Waals surface area contributed by atoms with Crippen LogP contribution in [0.4, 0.5) is 0 Å². The monoisotopic (exact) mass is 296 g/mol. The van der Waals surface area contributed by atoms with Crippen molar-refractivity contribution in [2.75, 3.05) is 32.7 Å². The van der Waals surface area contributed by atoms with E-state index in [1.807, 2.05) is 0 Å². The number of nitrogens with zero attached hydrogens (tertiary/aromatic N) is 1. The molecule has 4 atom stereocenters. The van der Waals surface area contributed by atoms with Crippen molar-refractivity contribution in [1.82, 2.24) is 10.2 Å². The van der Waals surface area contributed by atoms with Crippen LogP contribution < -0.4 is 5.32 Å². The first-order valence-electron chi connectivity index (χ1n) is 9.11. The number of hydrogen-bond acceptors (Lipinski definition) is 3. The Balaban J connectivity index is 1.97. The molecule has 2 aliphatic rings.